The summed E-state index contributed by atoms with van der Waals surface area (Å²) in [6.07, 6.45) is 0. The smallest absolute Gasteiger partial charge is 0.260 e. The van der Waals surface area contributed by atoms with Crippen LogP contribution >= 0.6 is 15.9 Å². The van der Waals surface area contributed by atoms with Crippen molar-refractivity contribution in [3.05, 3.63) is 58.6 Å². The van der Waals surface area contributed by atoms with Crippen molar-refractivity contribution in [2.45, 2.75) is 0 Å². The highest BCUT2D eigenvalue weighted by Crippen LogP contribution is 2.25. The van der Waals surface area contributed by atoms with E-state index in [-0.39, 0.29) is 18.4 Å². The minimum Gasteiger partial charge on any atom is -0.493 e. The maximum Gasteiger partial charge on any atom is 0.260 e. The second-order valence-electron chi connectivity index (χ2n) is 6.09. The largest absolute Gasteiger partial charge is 0.493 e. The van der Waals surface area contributed by atoms with Gasteiger partial charge in [0.1, 0.15) is 0 Å². The number of methoxy groups -OCH3 is 1. The minimum absolute atomic E-state index is 0.0279. The van der Waals surface area contributed by atoms with E-state index < -0.39 is 0 Å². The second kappa shape index (κ2) is 8.90. The van der Waals surface area contributed by atoms with Gasteiger partial charge in [0.05, 0.1) is 12.7 Å². The number of amides is 2. The van der Waals surface area contributed by atoms with Gasteiger partial charge in [-0.25, -0.2) is 0 Å². The van der Waals surface area contributed by atoms with Crippen LogP contribution in [-0.2, 0) is 4.79 Å². The van der Waals surface area contributed by atoms with Gasteiger partial charge < -0.3 is 19.3 Å². The summed E-state index contributed by atoms with van der Waals surface area (Å²) in [5.74, 6) is 0.999. The van der Waals surface area contributed by atoms with Crippen LogP contribution in [0.1, 0.15) is 10.4 Å². The fraction of sp³-hybridized carbons (Fsp3) is 0.300. The summed E-state index contributed by atoms with van der Waals surface area (Å²) >= 11 is 3.41. The Morgan fingerprint density at radius 1 is 0.926 bits per heavy atom. The van der Waals surface area contributed by atoms with Gasteiger partial charge in [0.15, 0.2) is 18.1 Å². The number of hydrogen-bond acceptors (Lipinski definition) is 4. The molecule has 0 saturated carbocycles. The van der Waals surface area contributed by atoms with E-state index in [1.165, 1.54) is 0 Å². The average Bonchev–Trinajstić information content (AvgIpc) is 2.72. The first-order valence-corrected chi connectivity index (χ1v) is 9.47. The van der Waals surface area contributed by atoms with E-state index in [0.717, 1.165) is 4.47 Å². The van der Waals surface area contributed by atoms with E-state index in [1.54, 1.807) is 35.1 Å². The van der Waals surface area contributed by atoms with E-state index in [1.807, 2.05) is 30.3 Å². The molecule has 2 amide bonds. The SMILES string of the molecule is COc1ccccc1OCC(=O)N1CCN(C(=O)c2ccccc2Br)CC1. The third kappa shape index (κ3) is 4.60. The number of hydrogen-bond donors (Lipinski definition) is 0. The Morgan fingerprint density at radius 3 is 2.19 bits per heavy atom. The summed E-state index contributed by atoms with van der Waals surface area (Å²) < 4.78 is 11.6. The van der Waals surface area contributed by atoms with Crippen LogP contribution < -0.4 is 9.47 Å². The van der Waals surface area contributed by atoms with E-state index in [2.05, 4.69) is 15.9 Å². The third-order valence-corrected chi connectivity index (χ3v) is 5.14. The Balaban J connectivity index is 1.52. The van der Waals surface area contributed by atoms with Gasteiger partial charge in [0.2, 0.25) is 0 Å². The number of rotatable bonds is 5. The molecule has 7 heteroatoms. The van der Waals surface area contributed by atoms with Crippen molar-refractivity contribution in [2.24, 2.45) is 0 Å². The molecule has 6 nitrogen and oxygen atoms in total. The molecule has 0 radical (unpaired) electrons. The van der Waals surface area contributed by atoms with Crippen molar-refractivity contribution >= 4 is 27.7 Å². The summed E-state index contributed by atoms with van der Waals surface area (Å²) in [6.45, 7) is 1.92. The van der Waals surface area contributed by atoms with Crippen LogP contribution in [0.25, 0.3) is 0 Å². The lowest BCUT2D eigenvalue weighted by molar-refractivity contribution is -0.134. The molecule has 1 aliphatic rings. The molecule has 27 heavy (non-hydrogen) atoms. The summed E-state index contributed by atoms with van der Waals surface area (Å²) in [5.41, 5.74) is 0.636. The number of carbonyl (C=O) groups is 2. The molecule has 0 atom stereocenters. The number of para-hydroxylation sites is 2. The Morgan fingerprint density at radius 2 is 1.52 bits per heavy atom. The van der Waals surface area contributed by atoms with Crippen LogP contribution in [0.2, 0.25) is 0 Å². The molecular formula is C20H21BrN2O4. The zero-order valence-corrected chi connectivity index (χ0v) is 16.6. The van der Waals surface area contributed by atoms with E-state index in [0.29, 0.717) is 43.2 Å². The van der Waals surface area contributed by atoms with Crippen molar-refractivity contribution in [2.75, 3.05) is 39.9 Å². The fourth-order valence-electron chi connectivity index (χ4n) is 2.93. The third-order valence-electron chi connectivity index (χ3n) is 4.44. The lowest BCUT2D eigenvalue weighted by Crippen LogP contribution is -2.51. The Labute approximate surface area is 166 Å². The highest BCUT2D eigenvalue weighted by Gasteiger charge is 2.26. The molecule has 0 aliphatic carbocycles. The molecule has 0 aromatic heterocycles. The van der Waals surface area contributed by atoms with E-state index >= 15 is 0 Å². The second-order valence-corrected chi connectivity index (χ2v) is 6.95. The topological polar surface area (TPSA) is 59.1 Å². The van der Waals surface area contributed by atoms with Gasteiger partial charge in [0, 0.05) is 30.7 Å². The average molecular weight is 433 g/mol. The van der Waals surface area contributed by atoms with Gasteiger partial charge in [-0.15, -0.1) is 0 Å². The Kier molecular flexibility index (Phi) is 6.34. The highest BCUT2D eigenvalue weighted by molar-refractivity contribution is 9.10. The first-order valence-electron chi connectivity index (χ1n) is 8.67. The summed E-state index contributed by atoms with van der Waals surface area (Å²) in [6, 6.07) is 14.6. The maximum atomic E-state index is 12.6. The van der Waals surface area contributed by atoms with Gasteiger partial charge in [-0.2, -0.15) is 0 Å². The normalized spacial score (nSPS) is 14.0. The number of halogens is 1. The molecule has 1 heterocycles. The van der Waals surface area contributed by atoms with E-state index in [9.17, 15) is 9.59 Å². The molecule has 2 aromatic rings. The number of ether oxygens (including phenoxy) is 2. The molecular weight excluding hydrogens is 412 g/mol. The van der Waals surface area contributed by atoms with Crippen molar-refractivity contribution in [3.8, 4) is 11.5 Å². The molecule has 1 aliphatic heterocycles. The van der Waals surface area contributed by atoms with Crippen LogP contribution in [0.3, 0.4) is 0 Å². The number of carbonyl (C=O) groups excluding carboxylic acids is 2. The Bertz CT molecular complexity index is 819. The van der Waals surface area contributed by atoms with Crippen LogP contribution in [0.15, 0.2) is 53.0 Å². The summed E-state index contributed by atoms with van der Waals surface area (Å²) in [7, 11) is 1.56. The molecule has 1 saturated heterocycles. The van der Waals surface area contributed by atoms with E-state index in [4.69, 9.17) is 9.47 Å². The van der Waals surface area contributed by atoms with Crippen LogP contribution in [0.4, 0.5) is 0 Å². The molecule has 142 valence electrons. The van der Waals surface area contributed by atoms with Crippen LogP contribution in [0, 0.1) is 0 Å². The van der Waals surface area contributed by atoms with Gasteiger partial charge in [-0.05, 0) is 40.2 Å². The number of piperazine rings is 1. The predicted molar refractivity (Wildman–Crippen MR) is 105 cm³/mol. The van der Waals surface area contributed by atoms with Crippen molar-refractivity contribution < 1.29 is 19.1 Å². The summed E-state index contributed by atoms with van der Waals surface area (Å²) in [5, 5.41) is 0. The van der Waals surface area contributed by atoms with Crippen molar-refractivity contribution in [3.63, 3.8) is 0 Å². The maximum absolute atomic E-state index is 12.6. The van der Waals surface area contributed by atoms with Gasteiger partial charge >= 0.3 is 0 Å². The Hall–Kier alpha value is -2.54. The molecule has 0 bridgehead atoms. The minimum atomic E-state index is -0.103. The molecule has 0 N–H and O–H groups in total. The number of benzene rings is 2. The first-order chi connectivity index (χ1) is 13.1. The van der Waals surface area contributed by atoms with Crippen molar-refractivity contribution in [1.29, 1.82) is 0 Å². The van der Waals surface area contributed by atoms with Crippen LogP contribution in [0.5, 0.6) is 11.5 Å². The first kappa shape index (κ1) is 19.2. The van der Waals surface area contributed by atoms with Crippen LogP contribution in [-0.4, -0.2) is 61.5 Å². The summed E-state index contributed by atoms with van der Waals surface area (Å²) in [4.78, 5) is 28.5. The van der Waals surface area contributed by atoms with Crippen molar-refractivity contribution in [1.82, 2.24) is 9.80 Å². The molecule has 0 spiro atoms. The molecule has 1 fully saturated rings. The lowest BCUT2D eigenvalue weighted by atomic mass is 10.2. The molecule has 2 aromatic carbocycles. The standard InChI is InChI=1S/C20H21BrN2O4/c1-26-17-8-4-5-9-18(17)27-14-19(24)22-10-12-23(13-11-22)20(25)15-6-2-3-7-16(15)21/h2-9H,10-14H2,1H3. The molecule has 0 unspecified atom stereocenters. The molecule has 3 rings (SSSR count). The van der Waals surface area contributed by atoms with Gasteiger partial charge in [0.25, 0.3) is 11.8 Å². The van der Waals surface area contributed by atoms with Gasteiger partial charge in [-0.3, -0.25) is 9.59 Å². The monoisotopic (exact) mass is 432 g/mol. The predicted octanol–water partition coefficient (Wildman–Crippen LogP) is 2.82. The van der Waals surface area contributed by atoms with Gasteiger partial charge in [-0.1, -0.05) is 24.3 Å². The lowest BCUT2D eigenvalue weighted by Gasteiger charge is -2.35. The fourth-order valence-corrected chi connectivity index (χ4v) is 3.39. The highest BCUT2D eigenvalue weighted by atomic mass is 79.9. The quantitative estimate of drug-likeness (QED) is 0.728. The number of nitrogens with zero attached hydrogens (tertiary/aromatic N) is 2. The zero-order valence-electron chi connectivity index (χ0n) is 15.1. The zero-order chi connectivity index (χ0) is 19.2.